The topological polar surface area (TPSA) is 20.2 Å². The summed E-state index contributed by atoms with van der Waals surface area (Å²) in [5, 5.41) is 8.76. The van der Waals surface area contributed by atoms with E-state index in [2.05, 4.69) is 0 Å². The molecule has 0 aliphatic carbocycles. The molecule has 0 aliphatic rings. The Bertz CT molecular complexity index is 53.6. The molecular weight excluding hydrogens is 76.1 g/mol. The maximum Gasteiger partial charge on any atom is 0.0600 e. The van der Waals surface area contributed by atoms with Gasteiger partial charge in [-0.25, -0.2) is 0 Å². The third-order valence-electron chi connectivity index (χ3n) is 0.836. The fourth-order valence-corrected chi connectivity index (χ4v) is 0. The second kappa shape index (κ2) is 2.19. The van der Waals surface area contributed by atoms with Crippen LogP contribution in [0.3, 0.4) is 0 Å². The van der Waals surface area contributed by atoms with Gasteiger partial charge in [0.25, 0.3) is 0 Å². The van der Waals surface area contributed by atoms with Crippen LogP contribution in [-0.2, 0) is 0 Å². The molecule has 38 valence electrons. The molecule has 0 spiro atoms. The highest BCUT2D eigenvalue weighted by Gasteiger charge is 1.97. The summed E-state index contributed by atoms with van der Waals surface area (Å²) >= 11 is 0. The van der Waals surface area contributed by atoms with E-state index in [4.69, 9.17) is 6.48 Å². The van der Waals surface area contributed by atoms with Gasteiger partial charge < -0.3 is 5.11 Å². The summed E-state index contributed by atoms with van der Waals surface area (Å²) in [6.45, 7) is 5.11. The minimum atomic E-state index is -1.25. The molecule has 1 atom stereocenters. The SMILES string of the molecule is [3H]C(C)(O)C(C)C. The molecule has 1 N–H and O–H groups in total. The second-order valence-electron chi connectivity index (χ2n) is 1.80. The van der Waals surface area contributed by atoms with Gasteiger partial charge in [-0.05, 0) is 12.8 Å². The normalized spacial score (nSPS) is 23.2. The van der Waals surface area contributed by atoms with Crippen LogP contribution in [0.15, 0.2) is 0 Å². The van der Waals surface area contributed by atoms with Gasteiger partial charge in [0.2, 0.25) is 0 Å². The molecule has 1 nitrogen and oxygen atoms in total. The lowest BCUT2D eigenvalue weighted by Crippen LogP contribution is -2.07. The van der Waals surface area contributed by atoms with E-state index in [0.717, 1.165) is 0 Å². The van der Waals surface area contributed by atoms with Gasteiger partial charge in [0.05, 0.1) is 7.45 Å². The lowest BCUT2D eigenvalue weighted by Gasteiger charge is -2.04. The van der Waals surface area contributed by atoms with Gasteiger partial charge in [0.15, 0.2) is 0 Å². The van der Waals surface area contributed by atoms with Crippen LogP contribution in [-0.4, -0.2) is 11.2 Å². The molecule has 0 rings (SSSR count). The molecule has 0 aromatic heterocycles. The van der Waals surface area contributed by atoms with Crippen molar-refractivity contribution >= 4 is 0 Å². The van der Waals surface area contributed by atoms with Gasteiger partial charge in [-0.3, -0.25) is 0 Å². The first-order valence-corrected chi connectivity index (χ1v) is 2.17. The van der Waals surface area contributed by atoms with Crippen LogP contribution in [0.1, 0.15) is 22.1 Å². The Morgan fingerprint density at radius 2 is 1.67 bits per heavy atom. The molecule has 0 saturated heterocycles. The molecule has 0 aromatic carbocycles. The van der Waals surface area contributed by atoms with E-state index in [0.29, 0.717) is 0 Å². The van der Waals surface area contributed by atoms with E-state index in [1.165, 1.54) is 6.92 Å². The van der Waals surface area contributed by atoms with Gasteiger partial charge in [-0.1, -0.05) is 13.8 Å². The monoisotopic (exact) mass is 90.1 g/mol. The zero-order valence-electron chi connectivity index (χ0n) is 5.52. The van der Waals surface area contributed by atoms with Crippen LogP contribution in [0.4, 0.5) is 0 Å². The van der Waals surface area contributed by atoms with Gasteiger partial charge in [0, 0.05) is 0 Å². The Kier molecular flexibility index (Phi) is 1.51. The van der Waals surface area contributed by atoms with Crippen molar-refractivity contribution in [1.82, 2.24) is 0 Å². The molecule has 0 aliphatic heterocycles. The Hall–Kier alpha value is -0.0400. The van der Waals surface area contributed by atoms with Crippen molar-refractivity contribution in [2.24, 2.45) is 5.92 Å². The van der Waals surface area contributed by atoms with Crippen LogP contribution in [0.2, 0.25) is 0 Å². The largest absolute Gasteiger partial charge is 0.393 e. The van der Waals surface area contributed by atoms with E-state index >= 15 is 0 Å². The minimum absolute atomic E-state index is 0.0208. The van der Waals surface area contributed by atoms with Gasteiger partial charge in [-0.15, -0.1) is 0 Å². The highest BCUT2D eigenvalue weighted by Crippen LogP contribution is 1.96. The zero-order valence-corrected chi connectivity index (χ0v) is 4.52. The van der Waals surface area contributed by atoms with Crippen molar-refractivity contribution in [2.45, 2.75) is 26.9 Å². The first-order chi connectivity index (χ1) is 2.94. The molecule has 0 fully saturated rings. The molecule has 0 radical (unpaired) electrons. The molecule has 0 saturated carbocycles. The number of hydrogen-bond donors (Lipinski definition) is 1. The Morgan fingerprint density at radius 1 is 1.50 bits per heavy atom. The summed E-state index contributed by atoms with van der Waals surface area (Å²) in [5.74, 6) is 0.0208. The highest BCUT2D eigenvalue weighted by atomic mass is 16.3. The van der Waals surface area contributed by atoms with Crippen molar-refractivity contribution in [3.8, 4) is 0 Å². The van der Waals surface area contributed by atoms with E-state index < -0.39 is 6.08 Å². The van der Waals surface area contributed by atoms with Crippen molar-refractivity contribution in [3.05, 3.63) is 0 Å². The van der Waals surface area contributed by atoms with Gasteiger partial charge in [-0.2, -0.15) is 0 Å². The van der Waals surface area contributed by atoms with Crippen molar-refractivity contribution in [2.75, 3.05) is 0 Å². The predicted octanol–water partition coefficient (Wildman–Crippen LogP) is 1.02. The number of hydrogen-bond acceptors (Lipinski definition) is 1. The number of aliphatic hydroxyl groups is 1. The van der Waals surface area contributed by atoms with Crippen LogP contribution in [0, 0.1) is 5.92 Å². The zero-order chi connectivity index (χ0) is 6.08. The highest BCUT2D eigenvalue weighted by molar-refractivity contribution is 4.48. The van der Waals surface area contributed by atoms with E-state index in [1.807, 2.05) is 13.8 Å². The van der Waals surface area contributed by atoms with Crippen molar-refractivity contribution < 1.29 is 6.48 Å². The van der Waals surface area contributed by atoms with Crippen LogP contribution in [0.5, 0.6) is 0 Å². The molecular formula is C5H12O. The first kappa shape index (κ1) is 4.13. The average molecular weight is 90.2 g/mol. The number of rotatable bonds is 1. The third-order valence-corrected chi connectivity index (χ3v) is 0.836. The summed E-state index contributed by atoms with van der Waals surface area (Å²) in [5.41, 5.74) is 0. The predicted molar refractivity (Wildman–Crippen MR) is 26.5 cm³/mol. The maximum atomic E-state index is 8.76. The standard InChI is InChI=1S/C5H12O/c1-4(2)5(3)6/h4-6H,1-3H3/i5T. The van der Waals surface area contributed by atoms with E-state index in [-0.39, 0.29) is 5.92 Å². The minimum Gasteiger partial charge on any atom is -0.393 e. The summed E-state index contributed by atoms with van der Waals surface area (Å²) in [6.07, 6.45) is -1.25. The first-order valence-electron chi connectivity index (χ1n) is 2.67. The van der Waals surface area contributed by atoms with Crippen LogP contribution >= 0.6 is 0 Å². The van der Waals surface area contributed by atoms with Crippen LogP contribution < -0.4 is 0 Å². The fraction of sp³-hybridized carbons (Fsp3) is 1.00. The van der Waals surface area contributed by atoms with Gasteiger partial charge >= 0.3 is 0 Å². The second-order valence-corrected chi connectivity index (χ2v) is 1.80. The Labute approximate surface area is 40.4 Å². The Morgan fingerprint density at radius 3 is 1.67 bits per heavy atom. The van der Waals surface area contributed by atoms with Gasteiger partial charge in [0.1, 0.15) is 0 Å². The molecule has 0 amide bonds. The van der Waals surface area contributed by atoms with Crippen molar-refractivity contribution in [1.29, 1.82) is 0 Å². The molecule has 1 unspecified atom stereocenters. The molecule has 1 heteroatoms. The van der Waals surface area contributed by atoms with Crippen LogP contribution in [0.25, 0.3) is 0 Å². The quantitative estimate of drug-likeness (QED) is 0.509. The molecule has 6 heavy (non-hydrogen) atoms. The average Bonchev–Trinajstić information content (AvgIpc) is 1.31. The fourth-order valence-electron chi connectivity index (χ4n) is 0. The summed E-state index contributed by atoms with van der Waals surface area (Å²) in [6, 6.07) is 0. The van der Waals surface area contributed by atoms with Crippen molar-refractivity contribution in [3.63, 3.8) is 0 Å². The van der Waals surface area contributed by atoms with E-state index in [9.17, 15) is 0 Å². The smallest absolute Gasteiger partial charge is 0.0600 e. The Balaban J connectivity index is 3.54. The molecule has 0 bridgehead atoms. The summed E-state index contributed by atoms with van der Waals surface area (Å²) < 4.78 is 6.94. The maximum absolute atomic E-state index is 8.76. The lowest BCUT2D eigenvalue weighted by atomic mass is 10.1. The van der Waals surface area contributed by atoms with E-state index in [1.54, 1.807) is 0 Å². The molecule has 0 aromatic rings. The summed E-state index contributed by atoms with van der Waals surface area (Å²) in [7, 11) is 0. The third kappa shape index (κ3) is 2.21. The summed E-state index contributed by atoms with van der Waals surface area (Å²) in [4.78, 5) is 0. The molecule has 0 heterocycles. The lowest BCUT2D eigenvalue weighted by molar-refractivity contribution is 0.144.